The Balaban J connectivity index is 1.48. The highest BCUT2D eigenvalue weighted by Crippen LogP contribution is 2.51. The number of rotatable bonds is 2. The minimum atomic E-state index is -1.34. The lowest BCUT2D eigenvalue weighted by Crippen LogP contribution is -2.54. The van der Waals surface area contributed by atoms with Gasteiger partial charge >= 0.3 is 6.09 Å². The molecule has 1 aliphatic carbocycles. The molecule has 1 fully saturated rings. The van der Waals surface area contributed by atoms with Gasteiger partial charge in [-0.05, 0) is 49.3 Å². The minimum absolute atomic E-state index is 0.0288. The molecule has 11 heteroatoms. The number of carboxylic acid groups (broad SMARTS) is 1. The molecule has 0 bridgehead atoms. The van der Waals surface area contributed by atoms with E-state index in [-0.39, 0.29) is 5.82 Å². The predicted octanol–water partition coefficient (Wildman–Crippen LogP) is 4.67. The second kappa shape index (κ2) is 8.78. The van der Waals surface area contributed by atoms with Crippen LogP contribution in [0.2, 0.25) is 5.02 Å². The Morgan fingerprint density at radius 3 is 2.92 bits per heavy atom. The molecule has 0 saturated carbocycles. The molecule has 0 radical (unpaired) electrons. The van der Waals surface area contributed by atoms with Crippen LogP contribution in [0, 0.1) is 23.2 Å². The van der Waals surface area contributed by atoms with Gasteiger partial charge in [0, 0.05) is 47.3 Å². The van der Waals surface area contributed by atoms with Crippen molar-refractivity contribution in [2.45, 2.75) is 45.2 Å². The zero-order valence-electron chi connectivity index (χ0n) is 20.9. The van der Waals surface area contributed by atoms with E-state index in [1.807, 2.05) is 18.2 Å². The molecule has 2 aromatic heterocycles. The number of benzene rings is 1. The highest BCUT2D eigenvalue weighted by molar-refractivity contribution is 6.30. The summed E-state index contributed by atoms with van der Waals surface area (Å²) in [6.45, 7) is 4.61. The minimum Gasteiger partial charge on any atom is -0.465 e. The van der Waals surface area contributed by atoms with Crippen LogP contribution in [-0.2, 0) is 11.3 Å². The van der Waals surface area contributed by atoms with Gasteiger partial charge in [0.25, 0.3) is 0 Å². The SMILES string of the molecule is C[C@@H]1CC[C@H]2Cn3c(nc4nc(C(=N)NC(=O)O)nc(-c5cccc(Cl)c5)c43)N3C2=C1CC1COCCC13. The smallest absolute Gasteiger partial charge is 0.410 e. The Bertz CT molecular complexity index is 1530. The van der Waals surface area contributed by atoms with Crippen LogP contribution in [0.5, 0.6) is 0 Å². The molecule has 4 aliphatic rings. The van der Waals surface area contributed by atoms with Crippen molar-refractivity contribution in [3.8, 4) is 11.3 Å². The fraction of sp³-hybridized carbons (Fsp3) is 0.444. The summed E-state index contributed by atoms with van der Waals surface area (Å²) in [6, 6.07) is 7.69. The van der Waals surface area contributed by atoms with E-state index in [4.69, 9.17) is 31.7 Å². The van der Waals surface area contributed by atoms with Gasteiger partial charge in [-0.15, -0.1) is 0 Å². The normalized spacial score (nSPS) is 26.0. The van der Waals surface area contributed by atoms with Crippen molar-refractivity contribution in [2.24, 2.45) is 17.8 Å². The number of imidazole rings is 1. The summed E-state index contributed by atoms with van der Waals surface area (Å²) in [7, 11) is 0. The first-order valence-electron chi connectivity index (χ1n) is 13.1. The van der Waals surface area contributed by atoms with Crippen LogP contribution in [0.25, 0.3) is 22.4 Å². The van der Waals surface area contributed by atoms with Crippen molar-refractivity contribution >= 4 is 40.6 Å². The van der Waals surface area contributed by atoms with Crippen molar-refractivity contribution in [3.63, 3.8) is 0 Å². The molecule has 1 amide bonds. The number of hydrogen-bond acceptors (Lipinski definition) is 7. The number of ether oxygens (including phenoxy) is 1. The number of carbonyl (C=O) groups is 1. The summed E-state index contributed by atoms with van der Waals surface area (Å²) in [6.07, 6.45) is 2.96. The molecule has 1 aromatic carbocycles. The third-order valence-corrected chi connectivity index (χ3v) is 8.76. The van der Waals surface area contributed by atoms with Gasteiger partial charge in [-0.3, -0.25) is 10.7 Å². The number of amidine groups is 1. The fourth-order valence-electron chi connectivity index (χ4n) is 6.86. The lowest BCUT2D eigenvalue weighted by molar-refractivity contribution is 0.0331. The molecule has 38 heavy (non-hydrogen) atoms. The monoisotopic (exact) mass is 533 g/mol. The Labute approximate surface area is 224 Å². The first-order valence-corrected chi connectivity index (χ1v) is 13.5. The van der Waals surface area contributed by atoms with Gasteiger partial charge in [-0.2, -0.15) is 4.98 Å². The van der Waals surface area contributed by atoms with Crippen molar-refractivity contribution in [2.75, 3.05) is 18.1 Å². The van der Waals surface area contributed by atoms with E-state index in [2.05, 4.69) is 26.7 Å². The number of nitrogens with zero attached hydrogens (tertiary/aromatic N) is 5. The molecule has 196 valence electrons. The van der Waals surface area contributed by atoms with Crippen LogP contribution < -0.4 is 10.2 Å². The molecule has 10 nitrogen and oxygen atoms in total. The standard InChI is InChI=1S/C27H28ClN7O3/c1-13-5-6-15-11-34-22-20(14-3-2-4-17(28)9-14)30-25(23(29)31-27(36)37)32-24(22)33-26(34)35-19-7-8-38-12-16(19)10-18(13)21(15)35/h2-4,9,13,15-16,19H,5-8,10-12H2,1H3,(H2,29,31)(H,36,37)/t13-,15+,16?,19?/m1/s1. The zero-order valence-corrected chi connectivity index (χ0v) is 21.7. The zero-order chi connectivity index (χ0) is 26.1. The summed E-state index contributed by atoms with van der Waals surface area (Å²) in [5.41, 5.74) is 5.55. The van der Waals surface area contributed by atoms with Gasteiger partial charge in [0.15, 0.2) is 17.3 Å². The van der Waals surface area contributed by atoms with E-state index in [1.165, 1.54) is 5.70 Å². The summed E-state index contributed by atoms with van der Waals surface area (Å²) in [5.74, 6) is 1.76. The van der Waals surface area contributed by atoms with E-state index in [0.717, 1.165) is 62.5 Å². The van der Waals surface area contributed by atoms with Gasteiger partial charge in [0.2, 0.25) is 5.95 Å². The predicted molar refractivity (Wildman–Crippen MR) is 142 cm³/mol. The lowest BCUT2D eigenvalue weighted by Gasteiger charge is -2.53. The molecule has 5 heterocycles. The number of nitrogens with one attached hydrogen (secondary N) is 2. The highest BCUT2D eigenvalue weighted by Gasteiger charge is 2.47. The Morgan fingerprint density at radius 2 is 2.11 bits per heavy atom. The van der Waals surface area contributed by atoms with Crippen molar-refractivity contribution < 1.29 is 14.6 Å². The Kier molecular flexibility index (Phi) is 5.45. The maximum absolute atomic E-state index is 11.3. The molecular weight excluding hydrogens is 506 g/mol. The first-order chi connectivity index (χ1) is 18.4. The van der Waals surface area contributed by atoms with Crippen LogP contribution >= 0.6 is 11.6 Å². The Morgan fingerprint density at radius 1 is 1.24 bits per heavy atom. The molecule has 3 aromatic rings. The van der Waals surface area contributed by atoms with E-state index >= 15 is 0 Å². The number of fused-ring (bicyclic) bond motifs is 6. The van der Waals surface area contributed by atoms with E-state index in [0.29, 0.717) is 40.2 Å². The molecule has 0 spiro atoms. The number of allylic oxidation sites excluding steroid dienone is 2. The first kappa shape index (κ1) is 23.6. The van der Waals surface area contributed by atoms with Crippen LogP contribution in [0.3, 0.4) is 0 Å². The third kappa shape index (κ3) is 3.61. The van der Waals surface area contributed by atoms with Crippen LogP contribution in [0.1, 0.15) is 38.4 Å². The molecule has 4 atom stereocenters. The molecule has 3 N–H and O–H groups in total. The maximum Gasteiger partial charge on any atom is 0.410 e. The number of amides is 1. The van der Waals surface area contributed by atoms with Crippen LogP contribution in [0.4, 0.5) is 10.7 Å². The lowest BCUT2D eigenvalue weighted by atomic mass is 9.71. The topological polar surface area (TPSA) is 129 Å². The van der Waals surface area contributed by atoms with Gasteiger partial charge in [0.1, 0.15) is 11.2 Å². The van der Waals surface area contributed by atoms with Crippen molar-refractivity contribution in [1.82, 2.24) is 24.8 Å². The summed E-state index contributed by atoms with van der Waals surface area (Å²) in [4.78, 5) is 28.1. The van der Waals surface area contributed by atoms with E-state index in [9.17, 15) is 9.90 Å². The largest absolute Gasteiger partial charge is 0.465 e. The van der Waals surface area contributed by atoms with Gasteiger partial charge in [-0.25, -0.2) is 14.8 Å². The molecule has 3 aliphatic heterocycles. The number of aromatic nitrogens is 4. The van der Waals surface area contributed by atoms with Crippen LogP contribution in [-0.4, -0.2) is 55.8 Å². The Hall–Kier alpha value is -3.50. The molecular formula is C27H28ClN7O3. The van der Waals surface area contributed by atoms with Crippen molar-refractivity contribution in [1.29, 1.82) is 5.41 Å². The second-order valence-electron chi connectivity index (χ2n) is 10.8. The van der Waals surface area contributed by atoms with Gasteiger partial charge in [0.05, 0.1) is 6.61 Å². The van der Waals surface area contributed by atoms with Gasteiger partial charge < -0.3 is 19.3 Å². The summed E-state index contributed by atoms with van der Waals surface area (Å²) in [5, 5.41) is 20.1. The fourth-order valence-corrected chi connectivity index (χ4v) is 7.05. The number of anilines is 1. The average Bonchev–Trinajstić information content (AvgIpc) is 3.27. The number of hydrogen-bond donors (Lipinski definition) is 3. The number of halogens is 1. The third-order valence-electron chi connectivity index (χ3n) is 8.52. The van der Waals surface area contributed by atoms with Crippen molar-refractivity contribution in [3.05, 3.63) is 46.4 Å². The molecule has 1 saturated heterocycles. The highest BCUT2D eigenvalue weighted by atomic mass is 35.5. The second-order valence-corrected chi connectivity index (χ2v) is 11.2. The molecule has 7 rings (SSSR count). The maximum atomic E-state index is 11.3. The summed E-state index contributed by atoms with van der Waals surface area (Å²) < 4.78 is 8.15. The van der Waals surface area contributed by atoms with E-state index in [1.54, 1.807) is 11.6 Å². The van der Waals surface area contributed by atoms with E-state index < -0.39 is 11.9 Å². The average molecular weight is 534 g/mol. The summed E-state index contributed by atoms with van der Waals surface area (Å²) >= 11 is 6.36. The van der Waals surface area contributed by atoms with Crippen LogP contribution in [0.15, 0.2) is 35.5 Å². The molecule has 2 unspecified atom stereocenters. The van der Waals surface area contributed by atoms with Gasteiger partial charge in [-0.1, -0.05) is 30.7 Å². The quantitative estimate of drug-likeness (QED) is 0.322.